The maximum atomic E-state index is 12.5. The Morgan fingerprint density at radius 2 is 1.96 bits per heavy atom. The average Bonchev–Trinajstić information content (AvgIpc) is 2.90. The Morgan fingerprint density at radius 1 is 1.26 bits per heavy atom. The fraction of sp³-hybridized carbons (Fsp3) is 0.500. The number of carbonyl (C=O) groups is 2. The van der Waals surface area contributed by atoms with Gasteiger partial charge in [0.05, 0.1) is 18.6 Å². The number of hydrogen-bond acceptors (Lipinski definition) is 5. The van der Waals surface area contributed by atoms with Crippen molar-refractivity contribution in [3.05, 3.63) is 35.9 Å². The Balaban J connectivity index is 2.03. The molecule has 6 nitrogen and oxygen atoms in total. The number of sulfone groups is 1. The van der Waals surface area contributed by atoms with Crippen molar-refractivity contribution in [1.82, 2.24) is 4.90 Å². The standard InChI is InChI=1S/C16H21NO5S/c1-22-16(19)11-17(14-9-10-23(20,21)12-14)15(18)8-7-13-5-3-2-4-6-13/h2-6,14H,7-12H2,1H3/t14-/m0/s1. The highest BCUT2D eigenvalue weighted by Gasteiger charge is 2.35. The highest BCUT2D eigenvalue weighted by molar-refractivity contribution is 7.91. The molecule has 0 aliphatic carbocycles. The maximum Gasteiger partial charge on any atom is 0.325 e. The molecule has 0 bridgehead atoms. The van der Waals surface area contributed by atoms with Crippen LogP contribution in [0, 0.1) is 0 Å². The number of hydrogen-bond donors (Lipinski definition) is 0. The van der Waals surface area contributed by atoms with Crippen molar-refractivity contribution < 1.29 is 22.7 Å². The lowest BCUT2D eigenvalue weighted by Crippen LogP contribution is -2.44. The Morgan fingerprint density at radius 3 is 2.52 bits per heavy atom. The van der Waals surface area contributed by atoms with Crippen LogP contribution in [0.4, 0.5) is 0 Å². The van der Waals surface area contributed by atoms with Gasteiger partial charge in [0.25, 0.3) is 0 Å². The van der Waals surface area contributed by atoms with E-state index in [9.17, 15) is 18.0 Å². The molecule has 0 aromatic heterocycles. The van der Waals surface area contributed by atoms with E-state index >= 15 is 0 Å². The quantitative estimate of drug-likeness (QED) is 0.717. The SMILES string of the molecule is COC(=O)CN(C(=O)CCc1ccccc1)[C@H]1CCS(=O)(=O)C1. The molecule has 0 saturated carbocycles. The minimum Gasteiger partial charge on any atom is -0.468 e. The summed E-state index contributed by atoms with van der Waals surface area (Å²) in [4.78, 5) is 25.4. The van der Waals surface area contributed by atoms with E-state index < -0.39 is 21.8 Å². The lowest BCUT2D eigenvalue weighted by molar-refractivity contribution is -0.148. The first kappa shape index (κ1) is 17.5. The fourth-order valence-corrected chi connectivity index (χ4v) is 4.42. The number of ether oxygens (including phenoxy) is 1. The number of esters is 1. The molecule has 1 heterocycles. The molecule has 1 aliphatic heterocycles. The highest BCUT2D eigenvalue weighted by atomic mass is 32.2. The van der Waals surface area contributed by atoms with E-state index in [4.69, 9.17) is 0 Å². The molecule has 2 rings (SSSR count). The Hall–Kier alpha value is -1.89. The molecule has 1 aromatic rings. The normalized spacial score (nSPS) is 19.3. The molecule has 1 amide bonds. The van der Waals surface area contributed by atoms with Crippen LogP contribution in [-0.2, 0) is 30.6 Å². The van der Waals surface area contributed by atoms with Crippen molar-refractivity contribution in [2.75, 3.05) is 25.2 Å². The predicted octanol–water partition coefficient (Wildman–Crippen LogP) is 0.808. The number of methoxy groups -OCH3 is 1. The van der Waals surface area contributed by atoms with Gasteiger partial charge in [0.15, 0.2) is 9.84 Å². The molecule has 0 radical (unpaired) electrons. The summed E-state index contributed by atoms with van der Waals surface area (Å²) < 4.78 is 27.9. The summed E-state index contributed by atoms with van der Waals surface area (Å²) in [5.74, 6) is -0.786. The van der Waals surface area contributed by atoms with Crippen molar-refractivity contribution in [2.24, 2.45) is 0 Å². The van der Waals surface area contributed by atoms with Crippen LogP contribution in [0.3, 0.4) is 0 Å². The van der Waals surface area contributed by atoms with E-state index in [1.54, 1.807) is 0 Å². The van der Waals surface area contributed by atoms with Crippen molar-refractivity contribution in [2.45, 2.75) is 25.3 Å². The van der Waals surface area contributed by atoms with Crippen molar-refractivity contribution in [1.29, 1.82) is 0 Å². The van der Waals surface area contributed by atoms with Crippen LogP contribution in [0.15, 0.2) is 30.3 Å². The van der Waals surface area contributed by atoms with Gasteiger partial charge in [-0.1, -0.05) is 30.3 Å². The molecular formula is C16H21NO5S. The van der Waals surface area contributed by atoms with Gasteiger partial charge in [-0.15, -0.1) is 0 Å². The number of rotatable bonds is 6. The van der Waals surface area contributed by atoms with Crippen LogP contribution < -0.4 is 0 Å². The monoisotopic (exact) mass is 339 g/mol. The molecule has 0 spiro atoms. The van der Waals surface area contributed by atoms with Crippen LogP contribution in [0.2, 0.25) is 0 Å². The number of carbonyl (C=O) groups excluding carboxylic acids is 2. The number of aryl methyl sites for hydroxylation is 1. The zero-order chi connectivity index (χ0) is 16.9. The summed E-state index contributed by atoms with van der Waals surface area (Å²) in [5.41, 5.74) is 1.03. The minimum atomic E-state index is -3.13. The van der Waals surface area contributed by atoms with E-state index in [-0.39, 0.29) is 30.4 Å². The molecular weight excluding hydrogens is 318 g/mol. The molecule has 126 valence electrons. The van der Waals surface area contributed by atoms with E-state index in [0.717, 1.165) is 5.56 Å². The van der Waals surface area contributed by atoms with Gasteiger partial charge in [0, 0.05) is 12.5 Å². The second-order valence-corrected chi connectivity index (χ2v) is 7.87. The molecule has 0 N–H and O–H groups in total. The third-order valence-electron chi connectivity index (χ3n) is 3.97. The molecule has 1 atom stereocenters. The molecule has 0 unspecified atom stereocenters. The second kappa shape index (κ2) is 7.59. The summed E-state index contributed by atoms with van der Waals surface area (Å²) in [6.45, 7) is -0.204. The molecule has 1 aromatic carbocycles. The van der Waals surface area contributed by atoms with Gasteiger partial charge in [-0.3, -0.25) is 9.59 Å². The third-order valence-corrected chi connectivity index (χ3v) is 5.72. The van der Waals surface area contributed by atoms with Crippen LogP contribution in [-0.4, -0.2) is 56.4 Å². The van der Waals surface area contributed by atoms with Gasteiger partial charge in [-0.25, -0.2) is 8.42 Å². The van der Waals surface area contributed by atoms with Gasteiger partial charge in [-0.2, -0.15) is 0 Å². The molecule has 1 fully saturated rings. The van der Waals surface area contributed by atoms with E-state index in [1.165, 1.54) is 12.0 Å². The van der Waals surface area contributed by atoms with Crippen LogP contribution in [0.25, 0.3) is 0 Å². The summed E-state index contributed by atoms with van der Waals surface area (Å²) in [5, 5.41) is 0. The zero-order valence-corrected chi connectivity index (χ0v) is 13.9. The second-order valence-electron chi connectivity index (χ2n) is 5.64. The molecule has 23 heavy (non-hydrogen) atoms. The van der Waals surface area contributed by atoms with Crippen LogP contribution in [0.1, 0.15) is 18.4 Å². The lowest BCUT2D eigenvalue weighted by Gasteiger charge is -2.27. The topological polar surface area (TPSA) is 80.8 Å². The summed E-state index contributed by atoms with van der Waals surface area (Å²) in [6, 6.07) is 9.11. The predicted molar refractivity (Wildman–Crippen MR) is 85.6 cm³/mol. The van der Waals surface area contributed by atoms with Crippen molar-refractivity contribution in [3.63, 3.8) is 0 Å². The van der Waals surface area contributed by atoms with E-state index in [1.807, 2.05) is 30.3 Å². The smallest absolute Gasteiger partial charge is 0.325 e. The van der Waals surface area contributed by atoms with Gasteiger partial charge in [0.1, 0.15) is 6.54 Å². The highest BCUT2D eigenvalue weighted by Crippen LogP contribution is 2.19. The van der Waals surface area contributed by atoms with Crippen molar-refractivity contribution in [3.8, 4) is 0 Å². The summed E-state index contributed by atoms with van der Waals surface area (Å²) in [6.07, 6.45) is 1.16. The Bertz CT molecular complexity index is 656. The Kier molecular flexibility index (Phi) is 5.76. The minimum absolute atomic E-state index is 0.0568. The first-order valence-electron chi connectivity index (χ1n) is 7.52. The average molecular weight is 339 g/mol. The van der Waals surface area contributed by atoms with Gasteiger partial charge in [-0.05, 0) is 18.4 Å². The number of benzene rings is 1. The summed E-state index contributed by atoms with van der Waals surface area (Å²) in [7, 11) is -1.88. The first-order valence-corrected chi connectivity index (χ1v) is 9.34. The van der Waals surface area contributed by atoms with Crippen molar-refractivity contribution >= 4 is 21.7 Å². The fourth-order valence-electron chi connectivity index (χ4n) is 2.69. The maximum absolute atomic E-state index is 12.5. The summed E-state index contributed by atoms with van der Waals surface area (Å²) >= 11 is 0. The molecule has 1 aliphatic rings. The van der Waals surface area contributed by atoms with Crippen LogP contribution in [0.5, 0.6) is 0 Å². The first-order chi connectivity index (χ1) is 10.9. The largest absolute Gasteiger partial charge is 0.468 e. The zero-order valence-electron chi connectivity index (χ0n) is 13.1. The van der Waals surface area contributed by atoms with Gasteiger partial charge in [0.2, 0.25) is 5.91 Å². The Labute approximate surface area is 136 Å². The van der Waals surface area contributed by atoms with Gasteiger partial charge >= 0.3 is 5.97 Å². The van der Waals surface area contributed by atoms with Gasteiger partial charge < -0.3 is 9.64 Å². The number of amides is 1. The lowest BCUT2D eigenvalue weighted by atomic mass is 10.1. The van der Waals surface area contributed by atoms with E-state index in [2.05, 4.69) is 4.74 Å². The molecule has 1 saturated heterocycles. The third kappa shape index (κ3) is 5.06. The molecule has 7 heteroatoms. The van der Waals surface area contributed by atoms with E-state index in [0.29, 0.717) is 12.8 Å². The number of nitrogens with zero attached hydrogens (tertiary/aromatic N) is 1. The van der Waals surface area contributed by atoms with Crippen LogP contribution >= 0.6 is 0 Å².